The van der Waals surface area contributed by atoms with Crippen molar-refractivity contribution in [3.63, 3.8) is 0 Å². The minimum atomic E-state index is -0.256. The highest BCUT2D eigenvalue weighted by molar-refractivity contribution is 5.72. The number of hydrogen-bond donors (Lipinski definition) is 0. The summed E-state index contributed by atoms with van der Waals surface area (Å²) < 4.78 is 9.79. The molecule has 0 saturated heterocycles. The van der Waals surface area contributed by atoms with Gasteiger partial charge in [0.25, 0.3) is 0 Å². The van der Waals surface area contributed by atoms with Gasteiger partial charge in [0.2, 0.25) is 0 Å². The van der Waals surface area contributed by atoms with E-state index in [1.54, 1.807) is 13.8 Å². The van der Waals surface area contributed by atoms with Crippen LogP contribution in [0.4, 0.5) is 0 Å². The molecular weight excluding hydrogens is 196 g/mol. The lowest BCUT2D eigenvalue weighted by Gasteiger charge is -2.07. The van der Waals surface area contributed by atoms with Crippen molar-refractivity contribution in [1.82, 2.24) is 0 Å². The standard InChI is InChI=1S/C11H20O4/c1-4-8-14-10(12)6-5-7-11(13)15-9(2)3/h9H,4-8H2,1-3H3. The molecule has 0 unspecified atom stereocenters. The van der Waals surface area contributed by atoms with E-state index >= 15 is 0 Å². The topological polar surface area (TPSA) is 52.6 Å². The Labute approximate surface area is 90.9 Å². The first-order valence-electron chi connectivity index (χ1n) is 5.41. The molecule has 0 saturated carbocycles. The fraction of sp³-hybridized carbons (Fsp3) is 0.818. The first-order valence-corrected chi connectivity index (χ1v) is 5.41. The third-order valence-corrected chi connectivity index (χ3v) is 1.60. The van der Waals surface area contributed by atoms with Crippen LogP contribution < -0.4 is 0 Å². The highest BCUT2D eigenvalue weighted by atomic mass is 16.5. The predicted octanol–water partition coefficient (Wildman–Crippen LogP) is 2.06. The number of ether oxygens (including phenoxy) is 2. The van der Waals surface area contributed by atoms with Crippen LogP contribution in [0.1, 0.15) is 46.5 Å². The number of carbonyl (C=O) groups excluding carboxylic acids is 2. The van der Waals surface area contributed by atoms with E-state index in [0.717, 1.165) is 6.42 Å². The Morgan fingerprint density at radius 2 is 1.73 bits per heavy atom. The average Bonchev–Trinajstić information content (AvgIpc) is 2.13. The maximum Gasteiger partial charge on any atom is 0.306 e. The average molecular weight is 216 g/mol. The SMILES string of the molecule is CCCOC(=O)CCCC(=O)OC(C)C. The molecule has 0 heterocycles. The lowest BCUT2D eigenvalue weighted by atomic mass is 10.2. The minimum Gasteiger partial charge on any atom is -0.466 e. The molecule has 0 amide bonds. The number of esters is 2. The number of rotatable bonds is 7. The molecule has 0 aliphatic carbocycles. The van der Waals surface area contributed by atoms with Gasteiger partial charge in [0.1, 0.15) is 0 Å². The third kappa shape index (κ3) is 9.25. The van der Waals surface area contributed by atoms with E-state index in [1.165, 1.54) is 0 Å². The fourth-order valence-corrected chi connectivity index (χ4v) is 0.987. The van der Waals surface area contributed by atoms with Gasteiger partial charge in [-0.05, 0) is 26.7 Å². The molecule has 15 heavy (non-hydrogen) atoms. The summed E-state index contributed by atoms with van der Waals surface area (Å²) in [5.74, 6) is -0.498. The molecule has 0 radical (unpaired) electrons. The molecule has 0 aromatic rings. The van der Waals surface area contributed by atoms with Gasteiger partial charge in [-0.15, -0.1) is 0 Å². The van der Waals surface area contributed by atoms with Crippen LogP contribution in [0.3, 0.4) is 0 Å². The van der Waals surface area contributed by atoms with Crippen LogP contribution >= 0.6 is 0 Å². The van der Waals surface area contributed by atoms with Crippen molar-refractivity contribution < 1.29 is 19.1 Å². The molecule has 0 atom stereocenters. The van der Waals surface area contributed by atoms with Crippen LogP contribution in [-0.4, -0.2) is 24.6 Å². The van der Waals surface area contributed by atoms with Gasteiger partial charge in [-0.2, -0.15) is 0 Å². The normalized spacial score (nSPS) is 10.1. The molecule has 0 bridgehead atoms. The zero-order chi connectivity index (χ0) is 11.7. The Hall–Kier alpha value is -1.06. The molecule has 0 aliphatic rings. The second kappa shape index (κ2) is 8.26. The van der Waals surface area contributed by atoms with E-state index in [-0.39, 0.29) is 30.9 Å². The molecule has 0 N–H and O–H groups in total. The van der Waals surface area contributed by atoms with Gasteiger partial charge in [-0.3, -0.25) is 9.59 Å². The quantitative estimate of drug-likeness (QED) is 0.611. The summed E-state index contributed by atoms with van der Waals surface area (Å²) in [5, 5.41) is 0. The van der Waals surface area contributed by atoms with E-state index in [9.17, 15) is 9.59 Å². The first kappa shape index (κ1) is 13.9. The van der Waals surface area contributed by atoms with E-state index in [0.29, 0.717) is 13.0 Å². The summed E-state index contributed by atoms with van der Waals surface area (Å²) in [6, 6.07) is 0. The zero-order valence-electron chi connectivity index (χ0n) is 9.75. The van der Waals surface area contributed by atoms with Crippen LogP contribution in [0.2, 0.25) is 0 Å². The molecule has 0 aliphatic heterocycles. The Balaban J connectivity index is 3.44. The lowest BCUT2D eigenvalue weighted by molar-refractivity contribution is -0.148. The smallest absolute Gasteiger partial charge is 0.306 e. The molecule has 88 valence electrons. The monoisotopic (exact) mass is 216 g/mol. The second-order valence-electron chi connectivity index (χ2n) is 3.61. The van der Waals surface area contributed by atoms with Gasteiger partial charge < -0.3 is 9.47 Å². The number of hydrogen-bond acceptors (Lipinski definition) is 4. The largest absolute Gasteiger partial charge is 0.466 e. The summed E-state index contributed by atoms with van der Waals surface area (Å²) in [5.41, 5.74) is 0. The molecule has 0 spiro atoms. The maximum absolute atomic E-state index is 11.1. The van der Waals surface area contributed by atoms with Gasteiger partial charge in [-0.25, -0.2) is 0 Å². The Kier molecular flexibility index (Phi) is 7.68. The summed E-state index contributed by atoms with van der Waals surface area (Å²) in [4.78, 5) is 22.1. The van der Waals surface area contributed by atoms with E-state index < -0.39 is 0 Å². The highest BCUT2D eigenvalue weighted by Crippen LogP contribution is 2.01. The molecular formula is C11H20O4. The van der Waals surface area contributed by atoms with Crippen molar-refractivity contribution >= 4 is 11.9 Å². The maximum atomic E-state index is 11.1. The molecule has 0 aromatic carbocycles. The first-order chi connectivity index (χ1) is 7.06. The van der Waals surface area contributed by atoms with Crippen LogP contribution in [0.25, 0.3) is 0 Å². The summed E-state index contributed by atoms with van der Waals surface area (Å²) >= 11 is 0. The second-order valence-corrected chi connectivity index (χ2v) is 3.61. The van der Waals surface area contributed by atoms with Crippen LogP contribution in [0, 0.1) is 0 Å². The van der Waals surface area contributed by atoms with E-state index in [1.807, 2.05) is 6.92 Å². The Morgan fingerprint density at radius 3 is 2.27 bits per heavy atom. The van der Waals surface area contributed by atoms with Gasteiger partial charge in [-0.1, -0.05) is 6.92 Å². The van der Waals surface area contributed by atoms with Crippen LogP contribution in [0.5, 0.6) is 0 Å². The predicted molar refractivity (Wildman–Crippen MR) is 56.3 cm³/mol. The fourth-order valence-electron chi connectivity index (χ4n) is 0.987. The third-order valence-electron chi connectivity index (χ3n) is 1.60. The van der Waals surface area contributed by atoms with E-state index in [4.69, 9.17) is 9.47 Å². The van der Waals surface area contributed by atoms with Crippen molar-refractivity contribution in [2.24, 2.45) is 0 Å². The van der Waals surface area contributed by atoms with Crippen molar-refractivity contribution in [3.05, 3.63) is 0 Å². The van der Waals surface area contributed by atoms with Gasteiger partial charge in [0.05, 0.1) is 12.7 Å². The van der Waals surface area contributed by atoms with Gasteiger partial charge in [0.15, 0.2) is 0 Å². The Morgan fingerprint density at radius 1 is 1.13 bits per heavy atom. The van der Waals surface area contributed by atoms with Crippen molar-refractivity contribution in [2.45, 2.75) is 52.6 Å². The van der Waals surface area contributed by atoms with Gasteiger partial charge in [0, 0.05) is 12.8 Å². The number of carbonyl (C=O) groups is 2. The highest BCUT2D eigenvalue weighted by Gasteiger charge is 2.07. The van der Waals surface area contributed by atoms with Crippen LogP contribution in [-0.2, 0) is 19.1 Å². The van der Waals surface area contributed by atoms with Crippen molar-refractivity contribution in [1.29, 1.82) is 0 Å². The summed E-state index contributed by atoms with van der Waals surface area (Å²) in [6.07, 6.45) is 1.78. The van der Waals surface area contributed by atoms with Gasteiger partial charge >= 0.3 is 11.9 Å². The molecule has 4 nitrogen and oxygen atoms in total. The lowest BCUT2D eigenvalue weighted by Crippen LogP contribution is -2.12. The van der Waals surface area contributed by atoms with Crippen molar-refractivity contribution in [2.75, 3.05) is 6.61 Å². The summed E-state index contributed by atoms with van der Waals surface area (Å²) in [7, 11) is 0. The zero-order valence-corrected chi connectivity index (χ0v) is 9.75. The molecule has 0 fully saturated rings. The van der Waals surface area contributed by atoms with E-state index in [2.05, 4.69) is 0 Å². The summed E-state index contributed by atoms with van der Waals surface area (Å²) in [6.45, 7) is 5.99. The molecule has 0 rings (SSSR count). The van der Waals surface area contributed by atoms with Crippen LogP contribution in [0.15, 0.2) is 0 Å². The minimum absolute atomic E-state index is 0.0930. The Bertz CT molecular complexity index is 199. The molecule has 0 aromatic heterocycles. The van der Waals surface area contributed by atoms with Crippen molar-refractivity contribution in [3.8, 4) is 0 Å². The molecule has 4 heteroatoms.